The largest absolute Gasteiger partial charge is 0.323 e. The van der Waals surface area contributed by atoms with Gasteiger partial charge in [-0.3, -0.25) is 4.98 Å². The maximum Gasteiger partial charge on any atom is 0.126 e. The summed E-state index contributed by atoms with van der Waals surface area (Å²) in [6.07, 6.45) is 12.0. The number of halogens is 1. The lowest BCUT2D eigenvalue weighted by Crippen LogP contribution is -1.92. The van der Waals surface area contributed by atoms with Gasteiger partial charge in [-0.2, -0.15) is 0 Å². The molecule has 0 amide bonds. The van der Waals surface area contributed by atoms with Crippen LogP contribution >= 0.6 is 0 Å². The van der Waals surface area contributed by atoms with Crippen molar-refractivity contribution in [2.45, 2.75) is 13.3 Å². The standard InChI is InChI=1S/C19H15FN2/c1-3-14-9-16(20)11-17(10-14)22-12-15(4-2)18(13-22)19-7-5-6-8-21-19/h1,5-13H,4H2,2H3. The monoisotopic (exact) mass is 290 g/mol. The summed E-state index contributed by atoms with van der Waals surface area (Å²) in [6, 6.07) is 10.4. The van der Waals surface area contributed by atoms with Crippen molar-refractivity contribution in [1.82, 2.24) is 9.55 Å². The second-order valence-corrected chi connectivity index (χ2v) is 5.02. The molecule has 22 heavy (non-hydrogen) atoms. The third-order valence-corrected chi connectivity index (χ3v) is 3.58. The lowest BCUT2D eigenvalue weighted by atomic mass is 10.1. The van der Waals surface area contributed by atoms with E-state index >= 15 is 0 Å². The van der Waals surface area contributed by atoms with Gasteiger partial charge >= 0.3 is 0 Å². The fraction of sp³-hybridized carbons (Fsp3) is 0.105. The lowest BCUT2D eigenvalue weighted by Gasteiger charge is -2.04. The first kappa shape index (κ1) is 14.1. The summed E-state index contributed by atoms with van der Waals surface area (Å²) in [6.45, 7) is 2.09. The first-order valence-electron chi connectivity index (χ1n) is 7.11. The van der Waals surface area contributed by atoms with Gasteiger partial charge in [-0.15, -0.1) is 6.42 Å². The van der Waals surface area contributed by atoms with Crippen molar-refractivity contribution in [2.24, 2.45) is 0 Å². The van der Waals surface area contributed by atoms with E-state index in [1.807, 2.05) is 35.2 Å². The van der Waals surface area contributed by atoms with E-state index in [4.69, 9.17) is 6.42 Å². The van der Waals surface area contributed by atoms with Gasteiger partial charge in [-0.05, 0) is 42.3 Å². The smallest absolute Gasteiger partial charge is 0.126 e. The van der Waals surface area contributed by atoms with Gasteiger partial charge in [0, 0.05) is 35.4 Å². The zero-order chi connectivity index (χ0) is 15.5. The van der Waals surface area contributed by atoms with E-state index in [1.54, 1.807) is 12.3 Å². The van der Waals surface area contributed by atoms with Crippen molar-refractivity contribution in [3.8, 4) is 29.3 Å². The first-order valence-corrected chi connectivity index (χ1v) is 7.11. The van der Waals surface area contributed by atoms with Crippen LogP contribution in [-0.2, 0) is 6.42 Å². The fourth-order valence-corrected chi connectivity index (χ4v) is 2.49. The third-order valence-electron chi connectivity index (χ3n) is 3.58. The van der Waals surface area contributed by atoms with Crippen LogP contribution in [0.1, 0.15) is 18.1 Å². The van der Waals surface area contributed by atoms with Crippen molar-refractivity contribution in [3.63, 3.8) is 0 Å². The van der Waals surface area contributed by atoms with E-state index < -0.39 is 0 Å². The SMILES string of the molecule is C#Cc1cc(F)cc(-n2cc(CC)c(-c3ccccn3)c2)c1. The minimum Gasteiger partial charge on any atom is -0.323 e. The van der Waals surface area contributed by atoms with Crippen molar-refractivity contribution < 1.29 is 4.39 Å². The van der Waals surface area contributed by atoms with Gasteiger partial charge in [0.1, 0.15) is 5.82 Å². The topological polar surface area (TPSA) is 17.8 Å². The molecule has 0 atom stereocenters. The highest BCUT2D eigenvalue weighted by molar-refractivity contribution is 5.64. The van der Waals surface area contributed by atoms with Crippen molar-refractivity contribution in [3.05, 3.63) is 71.9 Å². The van der Waals surface area contributed by atoms with E-state index in [0.29, 0.717) is 11.3 Å². The van der Waals surface area contributed by atoms with Gasteiger partial charge < -0.3 is 4.57 Å². The molecular weight excluding hydrogens is 275 g/mol. The van der Waals surface area contributed by atoms with Crippen LogP contribution in [0.25, 0.3) is 16.9 Å². The van der Waals surface area contributed by atoms with Crippen LogP contribution in [0.15, 0.2) is 55.0 Å². The quantitative estimate of drug-likeness (QED) is 0.660. The zero-order valence-corrected chi connectivity index (χ0v) is 12.3. The Morgan fingerprint density at radius 1 is 1.23 bits per heavy atom. The average Bonchev–Trinajstić information content (AvgIpc) is 2.99. The molecule has 3 heteroatoms. The van der Waals surface area contributed by atoms with Crippen LogP contribution in [0.5, 0.6) is 0 Å². The minimum atomic E-state index is -0.336. The molecule has 3 rings (SSSR count). The molecule has 0 saturated carbocycles. The molecule has 0 saturated heterocycles. The number of aromatic nitrogens is 2. The summed E-state index contributed by atoms with van der Waals surface area (Å²) in [5, 5.41) is 0. The average molecular weight is 290 g/mol. The van der Waals surface area contributed by atoms with Gasteiger partial charge in [0.25, 0.3) is 0 Å². The first-order chi connectivity index (χ1) is 10.7. The van der Waals surface area contributed by atoms with E-state index in [2.05, 4.69) is 17.8 Å². The maximum atomic E-state index is 13.7. The van der Waals surface area contributed by atoms with Crippen molar-refractivity contribution in [2.75, 3.05) is 0 Å². The second kappa shape index (κ2) is 5.87. The Hall–Kier alpha value is -2.86. The molecule has 3 aromatic rings. The molecule has 2 heterocycles. The van der Waals surface area contributed by atoms with Gasteiger partial charge in [-0.1, -0.05) is 18.9 Å². The van der Waals surface area contributed by atoms with E-state index in [0.717, 1.165) is 23.2 Å². The number of aryl methyl sites for hydroxylation is 1. The van der Waals surface area contributed by atoms with E-state index in [-0.39, 0.29) is 5.82 Å². The van der Waals surface area contributed by atoms with Gasteiger partial charge in [0.15, 0.2) is 0 Å². The third kappa shape index (κ3) is 2.64. The van der Waals surface area contributed by atoms with E-state index in [9.17, 15) is 4.39 Å². The summed E-state index contributed by atoms with van der Waals surface area (Å²) < 4.78 is 15.6. The summed E-state index contributed by atoms with van der Waals surface area (Å²) in [5.74, 6) is 2.14. The number of hydrogen-bond acceptors (Lipinski definition) is 1. The summed E-state index contributed by atoms with van der Waals surface area (Å²) in [7, 11) is 0. The Morgan fingerprint density at radius 2 is 2.09 bits per heavy atom. The number of hydrogen-bond donors (Lipinski definition) is 0. The molecule has 2 aromatic heterocycles. The van der Waals surface area contributed by atoms with Crippen molar-refractivity contribution in [1.29, 1.82) is 0 Å². The Morgan fingerprint density at radius 3 is 2.77 bits per heavy atom. The summed E-state index contributed by atoms with van der Waals surface area (Å²) in [5.41, 5.74) is 4.36. The van der Waals surface area contributed by atoms with Crippen LogP contribution < -0.4 is 0 Å². The Kier molecular flexibility index (Phi) is 3.76. The number of pyridine rings is 1. The molecule has 0 aliphatic rings. The predicted octanol–water partition coefficient (Wildman–Crippen LogP) is 4.22. The lowest BCUT2D eigenvalue weighted by molar-refractivity contribution is 0.626. The number of rotatable bonds is 3. The Balaban J connectivity index is 2.12. The van der Waals surface area contributed by atoms with E-state index in [1.165, 1.54) is 12.1 Å². The molecule has 0 aliphatic heterocycles. The van der Waals surface area contributed by atoms with Gasteiger partial charge in [-0.25, -0.2) is 4.39 Å². The second-order valence-electron chi connectivity index (χ2n) is 5.02. The van der Waals surface area contributed by atoms with Crippen LogP contribution in [-0.4, -0.2) is 9.55 Å². The Bertz CT molecular complexity index is 842. The molecule has 0 radical (unpaired) electrons. The summed E-state index contributed by atoms with van der Waals surface area (Å²) in [4.78, 5) is 4.40. The molecule has 0 bridgehead atoms. The molecule has 0 aliphatic carbocycles. The molecule has 0 spiro atoms. The molecule has 0 fully saturated rings. The number of benzene rings is 1. The highest BCUT2D eigenvalue weighted by Crippen LogP contribution is 2.26. The molecule has 0 unspecified atom stereocenters. The van der Waals surface area contributed by atoms with Crippen LogP contribution in [0.3, 0.4) is 0 Å². The molecule has 2 nitrogen and oxygen atoms in total. The predicted molar refractivity (Wildman–Crippen MR) is 86.3 cm³/mol. The number of terminal acetylenes is 1. The number of nitrogens with zero attached hydrogens (tertiary/aromatic N) is 2. The van der Waals surface area contributed by atoms with Crippen LogP contribution in [0.4, 0.5) is 4.39 Å². The molecular formula is C19H15FN2. The Labute approximate surface area is 129 Å². The van der Waals surface area contributed by atoms with Crippen molar-refractivity contribution >= 4 is 0 Å². The highest BCUT2D eigenvalue weighted by Gasteiger charge is 2.10. The van der Waals surface area contributed by atoms with Gasteiger partial charge in [0.2, 0.25) is 0 Å². The molecule has 0 N–H and O–H groups in total. The summed E-state index contributed by atoms with van der Waals surface area (Å²) >= 11 is 0. The fourth-order valence-electron chi connectivity index (χ4n) is 2.49. The van der Waals surface area contributed by atoms with Crippen LogP contribution in [0.2, 0.25) is 0 Å². The highest BCUT2D eigenvalue weighted by atomic mass is 19.1. The minimum absolute atomic E-state index is 0.336. The molecule has 108 valence electrons. The van der Waals surface area contributed by atoms with Crippen LogP contribution in [0, 0.1) is 18.2 Å². The van der Waals surface area contributed by atoms with Gasteiger partial charge in [0.05, 0.1) is 5.69 Å². The zero-order valence-electron chi connectivity index (χ0n) is 12.3. The maximum absolute atomic E-state index is 13.7. The normalized spacial score (nSPS) is 10.4. The molecule has 1 aromatic carbocycles.